The van der Waals surface area contributed by atoms with Crippen LogP contribution < -0.4 is 0 Å². The van der Waals surface area contributed by atoms with Crippen LogP contribution in [0.2, 0.25) is 0 Å². The molecule has 0 unspecified atom stereocenters. The molecule has 6 aromatic carbocycles. The van der Waals surface area contributed by atoms with Crippen molar-refractivity contribution in [1.29, 1.82) is 0 Å². The summed E-state index contributed by atoms with van der Waals surface area (Å²) in [6, 6.07) is 67.8. The lowest BCUT2D eigenvalue weighted by atomic mass is 9.93. The van der Waals surface area contributed by atoms with Crippen LogP contribution in [0.4, 0.5) is 0 Å². The van der Waals surface area contributed by atoms with Crippen LogP contribution in [-0.2, 0) is 0 Å². The Labute approximate surface area is 325 Å². The fraction of sp³-hybridized carbons (Fsp3) is 0. The molecule has 0 fully saturated rings. The normalized spacial score (nSPS) is 11.2. The molecule has 4 heterocycles. The van der Waals surface area contributed by atoms with E-state index in [-0.39, 0.29) is 0 Å². The van der Waals surface area contributed by atoms with Gasteiger partial charge < -0.3 is 0 Å². The topological polar surface area (TPSA) is 51.6 Å². The molecule has 4 nitrogen and oxygen atoms in total. The van der Waals surface area contributed by atoms with E-state index in [2.05, 4.69) is 156 Å². The molecule has 0 saturated carbocycles. The van der Waals surface area contributed by atoms with E-state index in [9.17, 15) is 0 Å². The summed E-state index contributed by atoms with van der Waals surface area (Å²) in [5.41, 5.74) is 16.4. The maximum atomic E-state index is 5.47. The summed E-state index contributed by atoms with van der Waals surface area (Å²) in [5.74, 6) is 0. The zero-order valence-electron chi connectivity index (χ0n) is 30.4. The quantitative estimate of drug-likeness (QED) is 0.154. The van der Waals surface area contributed by atoms with E-state index in [1.807, 2.05) is 60.9 Å². The first kappa shape index (κ1) is 33.0. The van der Waals surface area contributed by atoms with Gasteiger partial charge in [-0.2, -0.15) is 0 Å². The SMILES string of the molecule is c1ccc(-c2ccc(-c3cc(-c4ccc(-c5ccccn5)cc4)c4ccc5c(-c6ccc(-c7ccccn7)cc6)cc(-c6ccccc6)nc5c4n3)cc2)cc1. The minimum absolute atomic E-state index is 0.861. The first-order valence-corrected chi connectivity index (χ1v) is 18.8. The zero-order chi connectivity index (χ0) is 37.3. The highest BCUT2D eigenvalue weighted by molar-refractivity contribution is 6.13. The molecule has 4 aromatic heterocycles. The molecular formula is C52H34N4. The van der Waals surface area contributed by atoms with Gasteiger partial charge in [0.15, 0.2) is 0 Å². The Kier molecular flexibility index (Phi) is 8.47. The van der Waals surface area contributed by atoms with Gasteiger partial charge in [0.1, 0.15) is 0 Å². The lowest BCUT2D eigenvalue weighted by Crippen LogP contribution is -1.96. The number of hydrogen-bond donors (Lipinski definition) is 0. The Balaban J connectivity index is 1.20. The summed E-state index contributed by atoms with van der Waals surface area (Å²) in [5, 5.41) is 2.09. The maximum Gasteiger partial charge on any atom is 0.0978 e. The van der Waals surface area contributed by atoms with Crippen molar-refractivity contribution < 1.29 is 0 Å². The van der Waals surface area contributed by atoms with E-state index in [4.69, 9.17) is 9.97 Å². The largest absolute Gasteiger partial charge is 0.256 e. The van der Waals surface area contributed by atoms with E-state index in [1.54, 1.807) is 0 Å². The van der Waals surface area contributed by atoms with Crippen LogP contribution in [0.25, 0.3) is 100 Å². The zero-order valence-corrected chi connectivity index (χ0v) is 30.4. The monoisotopic (exact) mass is 714 g/mol. The van der Waals surface area contributed by atoms with Gasteiger partial charge in [0.25, 0.3) is 0 Å². The lowest BCUT2D eigenvalue weighted by Gasteiger charge is -2.16. The predicted octanol–water partition coefficient (Wildman–Crippen LogP) is 13.2. The van der Waals surface area contributed by atoms with E-state index >= 15 is 0 Å². The standard InChI is InChI=1S/C52H34N4/c1-3-11-35(12-4-1)36-17-23-42(24-18-36)50-34-46(38-21-27-41(28-22-38)48-16-8-10-32-54-48)44-30-29-43-45(37-19-25-40(26-20-37)47-15-7-9-31-53-47)33-49(39-13-5-2-6-14-39)55-51(43)52(44)56-50/h1-34H. The third-order valence-electron chi connectivity index (χ3n) is 10.4. The number of rotatable bonds is 7. The van der Waals surface area contributed by atoms with Crippen molar-refractivity contribution >= 4 is 21.8 Å². The minimum Gasteiger partial charge on any atom is -0.256 e. The molecule has 4 heteroatoms. The summed E-state index contributed by atoms with van der Waals surface area (Å²) in [6.45, 7) is 0. The van der Waals surface area contributed by atoms with Crippen molar-refractivity contribution in [3.63, 3.8) is 0 Å². The highest BCUT2D eigenvalue weighted by atomic mass is 14.8. The van der Waals surface area contributed by atoms with Gasteiger partial charge in [-0.1, -0.05) is 158 Å². The molecule has 0 aliphatic carbocycles. The summed E-state index contributed by atoms with van der Waals surface area (Å²) in [7, 11) is 0. The van der Waals surface area contributed by atoms with Crippen molar-refractivity contribution in [3.05, 3.63) is 207 Å². The first-order valence-electron chi connectivity index (χ1n) is 18.8. The van der Waals surface area contributed by atoms with E-state index < -0.39 is 0 Å². The van der Waals surface area contributed by atoms with Crippen LogP contribution >= 0.6 is 0 Å². The summed E-state index contributed by atoms with van der Waals surface area (Å²) in [4.78, 5) is 20.0. The maximum absolute atomic E-state index is 5.47. The average molecular weight is 715 g/mol. The molecule has 0 atom stereocenters. The number of pyridine rings is 4. The molecule has 56 heavy (non-hydrogen) atoms. The first-order chi connectivity index (χ1) is 27.7. The van der Waals surface area contributed by atoms with Gasteiger partial charge in [0, 0.05) is 45.4 Å². The van der Waals surface area contributed by atoms with E-state index in [0.29, 0.717) is 0 Å². The molecule has 10 aromatic rings. The highest BCUT2D eigenvalue weighted by Gasteiger charge is 2.18. The van der Waals surface area contributed by atoms with Crippen molar-refractivity contribution in [2.24, 2.45) is 0 Å². The third kappa shape index (κ3) is 6.29. The van der Waals surface area contributed by atoms with Crippen LogP contribution in [0.3, 0.4) is 0 Å². The van der Waals surface area contributed by atoms with Gasteiger partial charge in [-0.15, -0.1) is 0 Å². The van der Waals surface area contributed by atoms with Crippen molar-refractivity contribution in [2.45, 2.75) is 0 Å². The Morgan fingerprint density at radius 1 is 0.250 bits per heavy atom. The molecule has 0 aliphatic heterocycles. The predicted molar refractivity (Wildman–Crippen MR) is 231 cm³/mol. The molecule has 262 valence electrons. The van der Waals surface area contributed by atoms with Crippen LogP contribution in [0.5, 0.6) is 0 Å². The molecule has 0 radical (unpaired) electrons. The number of hydrogen-bond acceptors (Lipinski definition) is 4. The molecular weight excluding hydrogens is 681 g/mol. The molecule has 0 bridgehead atoms. The number of fused-ring (bicyclic) bond motifs is 3. The summed E-state index contributed by atoms with van der Waals surface area (Å²) in [6.07, 6.45) is 3.67. The van der Waals surface area contributed by atoms with E-state index in [1.165, 1.54) is 11.1 Å². The van der Waals surface area contributed by atoms with Crippen molar-refractivity contribution in [1.82, 2.24) is 19.9 Å². The second kappa shape index (κ2) is 14.3. The second-order valence-electron chi connectivity index (χ2n) is 13.9. The Hall–Kier alpha value is -7.56. The minimum atomic E-state index is 0.861. The lowest BCUT2D eigenvalue weighted by molar-refractivity contribution is 1.33. The molecule has 0 saturated heterocycles. The Morgan fingerprint density at radius 2 is 0.589 bits per heavy atom. The average Bonchev–Trinajstić information content (AvgIpc) is 3.29. The van der Waals surface area contributed by atoms with Gasteiger partial charge in [-0.3, -0.25) is 9.97 Å². The number of aromatic nitrogens is 4. The van der Waals surface area contributed by atoms with Gasteiger partial charge in [-0.25, -0.2) is 9.97 Å². The van der Waals surface area contributed by atoms with E-state index in [0.717, 1.165) is 89.1 Å². The molecule has 0 amide bonds. The van der Waals surface area contributed by atoms with Gasteiger partial charge in [-0.05, 0) is 69.8 Å². The Morgan fingerprint density at radius 3 is 1.02 bits per heavy atom. The van der Waals surface area contributed by atoms with Gasteiger partial charge >= 0.3 is 0 Å². The summed E-state index contributed by atoms with van der Waals surface area (Å²) < 4.78 is 0. The van der Waals surface area contributed by atoms with Crippen LogP contribution in [0, 0.1) is 0 Å². The highest BCUT2D eigenvalue weighted by Crippen LogP contribution is 2.40. The fourth-order valence-electron chi connectivity index (χ4n) is 7.53. The summed E-state index contributed by atoms with van der Waals surface area (Å²) >= 11 is 0. The smallest absolute Gasteiger partial charge is 0.0978 e. The van der Waals surface area contributed by atoms with Crippen LogP contribution in [-0.4, -0.2) is 19.9 Å². The molecule has 10 rings (SSSR count). The Bertz CT molecular complexity index is 2950. The van der Waals surface area contributed by atoms with Gasteiger partial charge in [0.05, 0.1) is 33.8 Å². The third-order valence-corrected chi connectivity index (χ3v) is 10.4. The van der Waals surface area contributed by atoms with Crippen LogP contribution in [0.15, 0.2) is 207 Å². The van der Waals surface area contributed by atoms with Crippen LogP contribution in [0.1, 0.15) is 0 Å². The molecule has 0 N–H and O–H groups in total. The fourth-order valence-corrected chi connectivity index (χ4v) is 7.53. The number of benzene rings is 6. The second-order valence-corrected chi connectivity index (χ2v) is 13.9. The van der Waals surface area contributed by atoms with Crippen molar-refractivity contribution in [3.8, 4) is 78.4 Å². The van der Waals surface area contributed by atoms with Crippen molar-refractivity contribution in [2.75, 3.05) is 0 Å². The number of nitrogens with zero attached hydrogens (tertiary/aromatic N) is 4. The van der Waals surface area contributed by atoms with Gasteiger partial charge in [0.2, 0.25) is 0 Å². The molecule has 0 spiro atoms. The molecule has 0 aliphatic rings.